The van der Waals surface area contributed by atoms with E-state index in [4.69, 9.17) is 0 Å². The summed E-state index contributed by atoms with van der Waals surface area (Å²) in [5.74, 6) is -15.1. The maximum absolute atomic E-state index is 12.5. The summed E-state index contributed by atoms with van der Waals surface area (Å²) in [5.41, 5.74) is 0. The molecule has 0 spiro atoms. The van der Waals surface area contributed by atoms with E-state index in [9.17, 15) is 35.5 Å². The van der Waals surface area contributed by atoms with Gasteiger partial charge in [0.25, 0.3) is 5.91 Å². The first kappa shape index (κ1) is 15.1. The van der Waals surface area contributed by atoms with Gasteiger partial charge in [0.05, 0.1) is 0 Å². The van der Waals surface area contributed by atoms with Gasteiger partial charge >= 0.3 is 18.0 Å². The third-order valence-corrected chi connectivity index (χ3v) is 1.55. The van der Waals surface area contributed by atoms with E-state index in [0.29, 0.717) is 5.37 Å². The highest BCUT2D eigenvalue weighted by Crippen LogP contribution is 2.46. The lowest BCUT2D eigenvalue weighted by atomic mass is 10.1. The van der Waals surface area contributed by atoms with E-state index in [0.717, 1.165) is 5.32 Å². The highest BCUT2D eigenvalue weighted by atomic mass is 32.1. The molecule has 2 nitrogen and oxygen atoms in total. The number of halogens is 7. The maximum atomic E-state index is 12.5. The van der Waals surface area contributed by atoms with Crippen molar-refractivity contribution in [2.75, 3.05) is 6.54 Å². The molecule has 0 bridgehead atoms. The Morgan fingerprint density at radius 1 is 1.12 bits per heavy atom. The van der Waals surface area contributed by atoms with Gasteiger partial charge in [-0.05, 0) is 5.37 Å². The van der Waals surface area contributed by atoms with Crippen molar-refractivity contribution in [2.24, 2.45) is 0 Å². The summed E-state index contributed by atoms with van der Waals surface area (Å²) in [4.78, 5) is 10.4. The van der Waals surface area contributed by atoms with Gasteiger partial charge in [0.15, 0.2) is 0 Å². The van der Waals surface area contributed by atoms with Crippen molar-refractivity contribution in [1.29, 1.82) is 0 Å². The first-order valence-electron chi connectivity index (χ1n) is 3.52. The second kappa shape index (κ2) is 4.52. The molecule has 0 aliphatic carbocycles. The molecular formula is C6H4F7NOS. The van der Waals surface area contributed by atoms with Crippen molar-refractivity contribution >= 4 is 23.5 Å². The van der Waals surface area contributed by atoms with E-state index in [1.165, 1.54) is 0 Å². The Balaban J connectivity index is 5.03. The number of rotatable bonds is 4. The molecule has 0 saturated carbocycles. The molecule has 0 aromatic carbocycles. The molecule has 1 N–H and O–H groups in total. The number of amides is 1. The SMILES string of the molecule is O=C(NCC=S)C(F)(F)C(F)(F)C(F)(F)F. The minimum atomic E-state index is -6.52. The predicted octanol–water partition coefficient (Wildman–Crippen LogP) is 1.94. The molecule has 0 atom stereocenters. The molecule has 0 fully saturated rings. The van der Waals surface area contributed by atoms with Crippen LogP contribution in [-0.2, 0) is 4.79 Å². The third-order valence-electron chi connectivity index (χ3n) is 1.38. The second-order valence-corrected chi connectivity index (χ2v) is 2.86. The van der Waals surface area contributed by atoms with Crippen molar-refractivity contribution in [3.05, 3.63) is 0 Å². The van der Waals surface area contributed by atoms with E-state index in [2.05, 4.69) is 12.2 Å². The number of carbonyl (C=O) groups excluding carboxylic acids is 1. The maximum Gasteiger partial charge on any atom is 0.460 e. The molecule has 1 amide bonds. The van der Waals surface area contributed by atoms with Gasteiger partial charge in [-0.1, -0.05) is 12.2 Å². The number of alkyl halides is 7. The zero-order chi connectivity index (χ0) is 13.2. The second-order valence-electron chi connectivity index (χ2n) is 2.52. The number of thiocarbonyl (C=S) groups is 1. The number of hydrogen-bond acceptors (Lipinski definition) is 2. The van der Waals surface area contributed by atoms with Gasteiger partial charge in [-0.25, -0.2) is 0 Å². The summed E-state index contributed by atoms with van der Waals surface area (Å²) in [7, 11) is 0. The first-order valence-corrected chi connectivity index (χ1v) is 4.00. The van der Waals surface area contributed by atoms with Crippen LogP contribution in [0.15, 0.2) is 0 Å². The molecule has 0 aliphatic rings. The van der Waals surface area contributed by atoms with Gasteiger partial charge in [-0.15, -0.1) is 0 Å². The summed E-state index contributed by atoms with van der Waals surface area (Å²) in [6, 6.07) is 0. The average Bonchev–Trinajstić information content (AvgIpc) is 2.11. The Labute approximate surface area is 89.8 Å². The molecular weight excluding hydrogens is 267 g/mol. The van der Waals surface area contributed by atoms with Gasteiger partial charge in [0.2, 0.25) is 0 Å². The van der Waals surface area contributed by atoms with Crippen molar-refractivity contribution in [1.82, 2.24) is 5.32 Å². The lowest BCUT2D eigenvalue weighted by molar-refractivity contribution is -0.344. The standard InChI is InChI=1S/C6H4F7NOS/c7-4(8,3(15)14-1-2-16)5(9,10)6(11,12)13/h2H,1H2,(H,14,15). The Kier molecular flexibility index (Phi) is 4.25. The number of nitrogens with one attached hydrogen (secondary N) is 1. The predicted molar refractivity (Wildman–Crippen MR) is 42.6 cm³/mol. The monoisotopic (exact) mass is 271 g/mol. The average molecular weight is 271 g/mol. The van der Waals surface area contributed by atoms with Crippen LogP contribution < -0.4 is 5.32 Å². The largest absolute Gasteiger partial charge is 0.460 e. The summed E-state index contributed by atoms with van der Waals surface area (Å²) < 4.78 is 84.1. The lowest BCUT2D eigenvalue weighted by Gasteiger charge is -2.26. The minimum Gasteiger partial charge on any atom is -0.346 e. The smallest absolute Gasteiger partial charge is 0.346 e. The molecule has 0 aromatic rings. The van der Waals surface area contributed by atoms with E-state index >= 15 is 0 Å². The zero-order valence-electron chi connectivity index (χ0n) is 7.25. The van der Waals surface area contributed by atoms with E-state index < -0.39 is 30.5 Å². The van der Waals surface area contributed by atoms with Gasteiger partial charge in [0.1, 0.15) is 0 Å². The van der Waals surface area contributed by atoms with Crippen LogP contribution in [0.25, 0.3) is 0 Å². The Morgan fingerprint density at radius 2 is 1.56 bits per heavy atom. The quantitative estimate of drug-likeness (QED) is 0.625. The van der Waals surface area contributed by atoms with Crippen LogP contribution in [0.5, 0.6) is 0 Å². The van der Waals surface area contributed by atoms with Gasteiger partial charge in [-0.2, -0.15) is 30.7 Å². The fourth-order valence-electron chi connectivity index (χ4n) is 0.566. The summed E-state index contributed by atoms with van der Waals surface area (Å²) in [5, 5.41) is 1.80. The van der Waals surface area contributed by atoms with E-state index in [1.807, 2.05) is 0 Å². The van der Waals surface area contributed by atoms with Crippen LogP contribution in [-0.4, -0.2) is 35.8 Å². The number of carbonyl (C=O) groups is 1. The molecule has 0 rings (SSSR count). The van der Waals surface area contributed by atoms with Crippen molar-refractivity contribution in [3.8, 4) is 0 Å². The summed E-state index contributed by atoms with van der Waals surface area (Å²) >= 11 is 4.07. The molecule has 0 unspecified atom stereocenters. The van der Waals surface area contributed by atoms with E-state index in [1.54, 1.807) is 0 Å². The molecule has 16 heavy (non-hydrogen) atoms. The topological polar surface area (TPSA) is 29.1 Å². The minimum absolute atomic E-state index is 0.680. The fourth-order valence-corrected chi connectivity index (χ4v) is 0.649. The Bertz CT molecular complexity index is 287. The van der Waals surface area contributed by atoms with E-state index in [-0.39, 0.29) is 0 Å². The van der Waals surface area contributed by atoms with Gasteiger partial charge in [0, 0.05) is 6.54 Å². The Morgan fingerprint density at radius 3 is 1.88 bits per heavy atom. The first-order chi connectivity index (χ1) is 6.98. The summed E-state index contributed by atoms with van der Waals surface area (Å²) in [6.07, 6.45) is -6.52. The highest BCUT2D eigenvalue weighted by molar-refractivity contribution is 7.79. The molecule has 0 aromatic heterocycles. The van der Waals surface area contributed by atoms with Crippen molar-refractivity contribution < 1.29 is 35.5 Å². The van der Waals surface area contributed by atoms with Crippen LogP contribution in [0.2, 0.25) is 0 Å². The normalized spacial score (nSPS) is 13.4. The third kappa shape index (κ3) is 2.60. The molecule has 94 valence electrons. The van der Waals surface area contributed by atoms with Crippen LogP contribution in [0.4, 0.5) is 30.7 Å². The summed E-state index contributed by atoms with van der Waals surface area (Å²) in [6.45, 7) is -0.725. The van der Waals surface area contributed by atoms with Gasteiger partial charge in [-0.3, -0.25) is 4.79 Å². The van der Waals surface area contributed by atoms with Crippen molar-refractivity contribution in [2.45, 2.75) is 18.0 Å². The lowest BCUT2D eigenvalue weighted by Crippen LogP contribution is -2.59. The van der Waals surface area contributed by atoms with Crippen LogP contribution in [0, 0.1) is 0 Å². The van der Waals surface area contributed by atoms with Crippen LogP contribution >= 0.6 is 12.2 Å². The Hall–Kier alpha value is -0.930. The van der Waals surface area contributed by atoms with Crippen LogP contribution in [0.3, 0.4) is 0 Å². The number of hydrogen-bond donors (Lipinski definition) is 1. The fraction of sp³-hybridized carbons (Fsp3) is 0.667. The van der Waals surface area contributed by atoms with Crippen LogP contribution in [0.1, 0.15) is 0 Å². The molecule has 0 aliphatic heterocycles. The van der Waals surface area contributed by atoms with Gasteiger partial charge < -0.3 is 5.32 Å². The zero-order valence-corrected chi connectivity index (χ0v) is 8.06. The molecule has 0 saturated heterocycles. The highest BCUT2D eigenvalue weighted by Gasteiger charge is 2.76. The molecule has 0 radical (unpaired) electrons. The molecule has 10 heteroatoms. The van der Waals surface area contributed by atoms with Crippen molar-refractivity contribution in [3.63, 3.8) is 0 Å². The molecule has 0 heterocycles.